The van der Waals surface area contributed by atoms with E-state index in [1.54, 1.807) is 6.92 Å². The molecule has 0 saturated heterocycles. The second-order valence-corrected chi connectivity index (χ2v) is 5.30. The minimum Gasteiger partial charge on any atom is -0.466 e. The molecule has 0 aliphatic carbocycles. The van der Waals surface area contributed by atoms with Gasteiger partial charge < -0.3 is 10.5 Å². The van der Waals surface area contributed by atoms with Gasteiger partial charge in [-0.25, -0.2) is 4.99 Å². The number of aliphatic imine (C=N–C) groups is 1. The molecular weight excluding hydrogens is 298 g/mol. The zero-order chi connectivity index (χ0) is 16.0. The molecule has 1 aromatic rings. The molecule has 0 fully saturated rings. The lowest BCUT2D eigenvalue weighted by Crippen LogP contribution is -2.18. The van der Waals surface area contributed by atoms with Gasteiger partial charge in [-0.05, 0) is 13.0 Å². The van der Waals surface area contributed by atoms with Crippen LogP contribution in [-0.4, -0.2) is 33.8 Å². The summed E-state index contributed by atoms with van der Waals surface area (Å²) in [5.41, 5.74) is 5.65. The molecule has 0 amide bonds. The first-order chi connectivity index (χ1) is 9.85. The molecule has 0 saturated carbocycles. The molecule has 8 nitrogen and oxygen atoms in total. The Kier molecular flexibility index (Phi) is 5.97. The Morgan fingerprint density at radius 1 is 1.52 bits per heavy atom. The van der Waals surface area contributed by atoms with Crippen molar-refractivity contribution in [1.82, 2.24) is 0 Å². The number of carbonyl (C=O) groups excluding carboxylic acids is 1. The van der Waals surface area contributed by atoms with Crippen LogP contribution >= 0.6 is 0 Å². The number of esters is 1. The highest BCUT2D eigenvalue weighted by molar-refractivity contribution is 7.84. The Labute approximate surface area is 123 Å². The highest BCUT2D eigenvalue weighted by atomic mass is 32.2. The fourth-order valence-electron chi connectivity index (χ4n) is 1.49. The smallest absolute Gasteiger partial charge is 0.313 e. The van der Waals surface area contributed by atoms with Crippen LogP contribution in [0.15, 0.2) is 28.1 Å². The van der Waals surface area contributed by atoms with Gasteiger partial charge in [0, 0.05) is 18.4 Å². The minimum atomic E-state index is -1.48. The lowest BCUT2D eigenvalue weighted by atomic mass is 10.3. The minimum absolute atomic E-state index is 0.0194. The first-order valence-corrected chi connectivity index (χ1v) is 7.51. The summed E-state index contributed by atoms with van der Waals surface area (Å²) in [5, 5.41) is 10.7. The number of hydrogen-bond acceptors (Lipinski definition) is 6. The highest BCUT2D eigenvalue weighted by Crippen LogP contribution is 2.27. The van der Waals surface area contributed by atoms with Crippen LogP contribution in [0.3, 0.4) is 0 Å². The fraction of sp³-hybridized carbons (Fsp3) is 0.333. The van der Waals surface area contributed by atoms with Gasteiger partial charge in [0.05, 0.1) is 32.9 Å². The third kappa shape index (κ3) is 4.95. The zero-order valence-electron chi connectivity index (χ0n) is 11.6. The molecule has 0 aliphatic rings. The topological polar surface area (TPSA) is 125 Å². The largest absolute Gasteiger partial charge is 0.466 e. The van der Waals surface area contributed by atoms with E-state index in [0.717, 1.165) is 0 Å². The number of amidine groups is 1. The molecule has 0 heterocycles. The predicted molar refractivity (Wildman–Crippen MR) is 78.0 cm³/mol. The van der Waals surface area contributed by atoms with Gasteiger partial charge in [-0.15, -0.1) is 0 Å². The SMILES string of the molecule is CCOC(=O)CC(N)=Nc1ccc([N+](=O)[O-])cc1S(C)=O. The van der Waals surface area contributed by atoms with E-state index < -0.39 is 21.7 Å². The van der Waals surface area contributed by atoms with E-state index in [1.165, 1.54) is 24.5 Å². The lowest BCUT2D eigenvalue weighted by molar-refractivity contribution is -0.385. The number of nitrogens with two attached hydrogens (primary N) is 1. The Morgan fingerprint density at radius 3 is 2.71 bits per heavy atom. The van der Waals surface area contributed by atoms with Gasteiger partial charge in [0.1, 0.15) is 12.3 Å². The summed E-state index contributed by atoms with van der Waals surface area (Å²) in [7, 11) is -1.48. The number of nitro groups is 1. The van der Waals surface area contributed by atoms with E-state index in [0.29, 0.717) is 0 Å². The number of non-ortho nitro benzene ring substituents is 1. The number of nitro benzene ring substituents is 1. The van der Waals surface area contributed by atoms with Crippen molar-refractivity contribution in [2.24, 2.45) is 10.7 Å². The fourth-order valence-corrected chi connectivity index (χ4v) is 2.19. The van der Waals surface area contributed by atoms with Crippen LogP contribution in [0.5, 0.6) is 0 Å². The number of ether oxygens (including phenoxy) is 1. The van der Waals surface area contributed by atoms with Crippen molar-refractivity contribution < 1.29 is 18.7 Å². The molecular formula is C12H15N3O5S. The molecule has 1 aromatic carbocycles. The third-order valence-electron chi connectivity index (χ3n) is 2.36. The number of benzene rings is 1. The molecule has 0 spiro atoms. The maximum absolute atomic E-state index is 11.6. The Morgan fingerprint density at radius 2 is 2.19 bits per heavy atom. The van der Waals surface area contributed by atoms with Crippen molar-refractivity contribution in [2.45, 2.75) is 18.2 Å². The average molecular weight is 313 g/mol. The van der Waals surface area contributed by atoms with Gasteiger partial charge in [0.25, 0.3) is 5.69 Å². The monoisotopic (exact) mass is 313 g/mol. The van der Waals surface area contributed by atoms with E-state index in [2.05, 4.69) is 4.99 Å². The molecule has 1 rings (SSSR count). The van der Waals surface area contributed by atoms with Crippen LogP contribution < -0.4 is 5.73 Å². The van der Waals surface area contributed by atoms with Gasteiger partial charge in [0.15, 0.2) is 0 Å². The normalized spacial score (nSPS) is 12.8. The van der Waals surface area contributed by atoms with E-state index in [4.69, 9.17) is 10.5 Å². The molecule has 0 bridgehead atoms. The predicted octanol–water partition coefficient (Wildman–Crippen LogP) is 1.27. The van der Waals surface area contributed by atoms with Crippen LogP contribution in [-0.2, 0) is 20.3 Å². The van der Waals surface area contributed by atoms with Crippen molar-refractivity contribution in [3.8, 4) is 0 Å². The molecule has 1 unspecified atom stereocenters. The number of carbonyl (C=O) groups is 1. The first kappa shape index (κ1) is 16.8. The third-order valence-corrected chi connectivity index (χ3v) is 3.31. The van der Waals surface area contributed by atoms with E-state index in [-0.39, 0.29) is 35.1 Å². The Hall–Kier alpha value is -2.29. The Bertz CT molecular complexity index is 615. The van der Waals surface area contributed by atoms with Crippen molar-refractivity contribution in [2.75, 3.05) is 12.9 Å². The Balaban J connectivity index is 3.09. The summed E-state index contributed by atoms with van der Waals surface area (Å²) in [6.45, 7) is 1.90. The van der Waals surface area contributed by atoms with E-state index in [9.17, 15) is 19.1 Å². The van der Waals surface area contributed by atoms with Gasteiger partial charge >= 0.3 is 5.97 Å². The van der Waals surface area contributed by atoms with Crippen molar-refractivity contribution in [3.05, 3.63) is 28.3 Å². The molecule has 1 atom stereocenters. The summed E-state index contributed by atoms with van der Waals surface area (Å²) >= 11 is 0. The molecule has 0 aromatic heterocycles. The second-order valence-electron chi connectivity index (χ2n) is 3.95. The van der Waals surface area contributed by atoms with Gasteiger partial charge in [-0.3, -0.25) is 19.1 Å². The molecule has 0 radical (unpaired) electrons. The molecule has 114 valence electrons. The van der Waals surface area contributed by atoms with Crippen LogP contribution in [0.1, 0.15) is 13.3 Å². The lowest BCUT2D eigenvalue weighted by Gasteiger charge is -2.05. The maximum Gasteiger partial charge on any atom is 0.313 e. The number of rotatable bonds is 6. The van der Waals surface area contributed by atoms with Crippen molar-refractivity contribution >= 4 is 34.0 Å². The van der Waals surface area contributed by atoms with Crippen molar-refractivity contribution in [1.29, 1.82) is 0 Å². The standard InChI is InChI=1S/C12H15N3O5S/c1-3-20-12(16)7-11(13)14-9-5-4-8(15(17)18)6-10(9)21(2)19/h4-6H,3,7H2,1-2H3,(H2,13,14). The van der Waals surface area contributed by atoms with E-state index >= 15 is 0 Å². The second kappa shape index (κ2) is 7.48. The van der Waals surface area contributed by atoms with Gasteiger partial charge in [-0.1, -0.05) is 0 Å². The summed E-state index contributed by atoms with van der Waals surface area (Å²) in [5.74, 6) is -0.547. The van der Waals surface area contributed by atoms with Crippen LogP contribution in [0.4, 0.5) is 11.4 Å². The van der Waals surface area contributed by atoms with E-state index in [1.807, 2.05) is 0 Å². The number of nitrogens with zero attached hydrogens (tertiary/aromatic N) is 2. The maximum atomic E-state index is 11.6. The molecule has 21 heavy (non-hydrogen) atoms. The number of hydrogen-bond donors (Lipinski definition) is 1. The summed E-state index contributed by atoms with van der Waals surface area (Å²) < 4.78 is 16.4. The molecule has 9 heteroatoms. The highest BCUT2D eigenvalue weighted by Gasteiger charge is 2.14. The summed E-state index contributed by atoms with van der Waals surface area (Å²) in [6.07, 6.45) is 1.17. The van der Waals surface area contributed by atoms with Gasteiger partial charge in [0.2, 0.25) is 0 Å². The average Bonchev–Trinajstić information content (AvgIpc) is 2.38. The van der Waals surface area contributed by atoms with Crippen LogP contribution in [0.2, 0.25) is 0 Å². The first-order valence-electron chi connectivity index (χ1n) is 5.95. The molecule has 0 aliphatic heterocycles. The summed E-state index contributed by atoms with van der Waals surface area (Å²) in [6, 6.07) is 3.74. The van der Waals surface area contributed by atoms with Crippen molar-refractivity contribution in [3.63, 3.8) is 0 Å². The van der Waals surface area contributed by atoms with Gasteiger partial charge in [-0.2, -0.15) is 0 Å². The van der Waals surface area contributed by atoms with Crippen LogP contribution in [0.25, 0.3) is 0 Å². The van der Waals surface area contributed by atoms with Crippen LogP contribution in [0, 0.1) is 10.1 Å². The summed E-state index contributed by atoms with van der Waals surface area (Å²) in [4.78, 5) is 25.6. The molecule has 2 N–H and O–H groups in total. The zero-order valence-corrected chi connectivity index (χ0v) is 12.4. The quantitative estimate of drug-likeness (QED) is 0.277.